The summed E-state index contributed by atoms with van der Waals surface area (Å²) in [5, 5.41) is 7.12. The van der Waals surface area contributed by atoms with Gasteiger partial charge in [-0.05, 0) is 43.7 Å². The minimum atomic E-state index is -0.152. The maximum Gasteiger partial charge on any atom is 0.263 e. The average Bonchev–Trinajstić information content (AvgIpc) is 3.00. The SMILES string of the molecule is COc1ccc(C=C2SC(=S)NC2=O)cc1Cn1nc(C)cc1C. The largest absolute Gasteiger partial charge is 0.496 e. The first-order valence-electron chi connectivity index (χ1n) is 7.39. The molecule has 124 valence electrons. The molecule has 1 fully saturated rings. The number of hydrogen-bond donors (Lipinski definition) is 1. The predicted octanol–water partition coefficient (Wildman–Crippen LogP) is 3.05. The van der Waals surface area contributed by atoms with Crippen LogP contribution in [0.4, 0.5) is 0 Å². The van der Waals surface area contributed by atoms with E-state index in [1.807, 2.05) is 48.9 Å². The maximum atomic E-state index is 11.8. The van der Waals surface area contributed by atoms with Gasteiger partial charge in [-0.1, -0.05) is 30.0 Å². The molecule has 2 heterocycles. The van der Waals surface area contributed by atoms with Gasteiger partial charge in [0, 0.05) is 11.3 Å². The van der Waals surface area contributed by atoms with Crippen LogP contribution in [0.25, 0.3) is 6.08 Å². The van der Waals surface area contributed by atoms with Crippen LogP contribution in [0.3, 0.4) is 0 Å². The number of thiocarbonyl (C=S) groups is 1. The number of aromatic nitrogens is 2. The minimum Gasteiger partial charge on any atom is -0.496 e. The number of carbonyl (C=O) groups is 1. The van der Waals surface area contributed by atoms with Crippen molar-refractivity contribution in [1.29, 1.82) is 0 Å². The number of amides is 1. The van der Waals surface area contributed by atoms with Crippen molar-refractivity contribution in [2.24, 2.45) is 0 Å². The van der Waals surface area contributed by atoms with E-state index in [0.717, 1.165) is 28.3 Å². The number of aryl methyl sites for hydroxylation is 2. The fourth-order valence-corrected chi connectivity index (χ4v) is 3.62. The van der Waals surface area contributed by atoms with Crippen molar-refractivity contribution in [3.05, 3.63) is 51.7 Å². The highest BCUT2D eigenvalue weighted by molar-refractivity contribution is 8.26. The molecular formula is C17H17N3O2S2. The molecule has 0 atom stereocenters. The minimum absolute atomic E-state index is 0.152. The molecule has 24 heavy (non-hydrogen) atoms. The average molecular weight is 359 g/mol. The summed E-state index contributed by atoms with van der Waals surface area (Å²) in [7, 11) is 1.65. The van der Waals surface area contributed by atoms with Gasteiger partial charge in [0.05, 0.1) is 24.3 Å². The zero-order valence-corrected chi connectivity index (χ0v) is 15.3. The second-order valence-electron chi connectivity index (χ2n) is 5.51. The van der Waals surface area contributed by atoms with Crippen molar-refractivity contribution in [3.8, 4) is 5.75 Å². The Morgan fingerprint density at radius 3 is 2.75 bits per heavy atom. The van der Waals surface area contributed by atoms with Gasteiger partial charge in [0.25, 0.3) is 5.91 Å². The summed E-state index contributed by atoms with van der Waals surface area (Å²) in [6.45, 7) is 4.61. The molecule has 1 amide bonds. The Morgan fingerprint density at radius 2 is 2.17 bits per heavy atom. The number of rotatable bonds is 4. The summed E-state index contributed by atoms with van der Waals surface area (Å²) >= 11 is 6.29. The molecule has 2 aromatic rings. The Bertz CT molecular complexity index is 856. The first-order chi connectivity index (χ1) is 11.5. The molecule has 5 nitrogen and oxygen atoms in total. The van der Waals surface area contributed by atoms with E-state index in [0.29, 0.717) is 15.8 Å². The van der Waals surface area contributed by atoms with Crippen LogP contribution in [0.2, 0.25) is 0 Å². The Balaban J connectivity index is 1.94. The van der Waals surface area contributed by atoms with E-state index in [-0.39, 0.29) is 5.91 Å². The lowest BCUT2D eigenvalue weighted by atomic mass is 10.1. The van der Waals surface area contributed by atoms with Gasteiger partial charge >= 0.3 is 0 Å². The van der Waals surface area contributed by atoms with Gasteiger partial charge in [-0.2, -0.15) is 5.10 Å². The van der Waals surface area contributed by atoms with Crippen LogP contribution in [0, 0.1) is 13.8 Å². The summed E-state index contributed by atoms with van der Waals surface area (Å²) in [5.41, 5.74) is 4.00. The number of ether oxygens (including phenoxy) is 1. The first-order valence-corrected chi connectivity index (χ1v) is 8.61. The molecule has 1 N–H and O–H groups in total. The quantitative estimate of drug-likeness (QED) is 0.672. The Kier molecular flexibility index (Phi) is 4.73. The first kappa shape index (κ1) is 16.7. The third-order valence-corrected chi connectivity index (χ3v) is 4.83. The number of nitrogens with zero attached hydrogens (tertiary/aromatic N) is 2. The lowest BCUT2D eigenvalue weighted by Crippen LogP contribution is -2.17. The molecule has 0 bridgehead atoms. The molecule has 1 aliphatic heterocycles. The monoisotopic (exact) mass is 359 g/mol. The van der Waals surface area contributed by atoms with Crippen LogP contribution in [-0.2, 0) is 11.3 Å². The van der Waals surface area contributed by atoms with Gasteiger partial charge in [-0.15, -0.1) is 0 Å². The van der Waals surface area contributed by atoms with Crippen molar-refractivity contribution in [2.75, 3.05) is 7.11 Å². The third kappa shape index (κ3) is 3.52. The molecule has 1 aliphatic rings. The van der Waals surface area contributed by atoms with Gasteiger partial charge in [0.1, 0.15) is 10.1 Å². The number of thioether (sulfide) groups is 1. The highest BCUT2D eigenvalue weighted by Gasteiger charge is 2.22. The molecule has 1 aromatic carbocycles. The highest BCUT2D eigenvalue weighted by Crippen LogP contribution is 2.28. The standard InChI is InChI=1S/C17H17N3O2S2/c1-10-6-11(2)20(19-10)9-13-7-12(4-5-14(13)22-3)8-15-16(21)18-17(23)24-15/h4-8H,9H2,1-3H3,(H,18,21,23). The number of hydrogen-bond acceptors (Lipinski definition) is 5. The van der Waals surface area contributed by atoms with Gasteiger partial charge in [-0.3, -0.25) is 9.48 Å². The van der Waals surface area contributed by atoms with E-state index >= 15 is 0 Å². The van der Waals surface area contributed by atoms with Gasteiger partial charge in [0.15, 0.2) is 0 Å². The molecular weight excluding hydrogens is 342 g/mol. The number of benzene rings is 1. The summed E-state index contributed by atoms with van der Waals surface area (Å²) in [5.74, 6) is 0.643. The second kappa shape index (κ2) is 6.78. The van der Waals surface area contributed by atoms with E-state index in [9.17, 15) is 4.79 Å². The van der Waals surface area contributed by atoms with E-state index in [1.54, 1.807) is 7.11 Å². The van der Waals surface area contributed by atoms with Crippen LogP contribution in [-0.4, -0.2) is 27.1 Å². The van der Waals surface area contributed by atoms with Crippen molar-refractivity contribution in [2.45, 2.75) is 20.4 Å². The third-order valence-electron chi connectivity index (χ3n) is 3.67. The lowest BCUT2D eigenvalue weighted by molar-refractivity contribution is -0.115. The fourth-order valence-electron chi connectivity index (χ4n) is 2.58. The van der Waals surface area contributed by atoms with Crippen LogP contribution in [0.5, 0.6) is 5.75 Å². The molecule has 7 heteroatoms. The lowest BCUT2D eigenvalue weighted by Gasteiger charge is -2.11. The summed E-state index contributed by atoms with van der Waals surface area (Å²) in [6, 6.07) is 7.88. The van der Waals surface area contributed by atoms with E-state index in [1.165, 1.54) is 11.8 Å². The van der Waals surface area contributed by atoms with Gasteiger partial charge in [0.2, 0.25) is 0 Å². The zero-order chi connectivity index (χ0) is 17.3. The van der Waals surface area contributed by atoms with E-state index < -0.39 is 0 Å². The summed E-state index contributed by atoms with van der Waals surface area (Å²) in [4.78, 5) is 12.4. The van der Waals surface area contributed by atoms with Crippen molar-refractivity contribution in [1.82, 2.24) is 15.1 Å². The van der Waals surface area contributed by atoms with Gasteiger partial charge < -0.3 is 10.1 Å². The van der Waals surface area contributed by atoms with Crippen molar-refractivity contribution in [3.63, 3.8) is 0 Å². The van der Waals surface area contributed by atoms with Crippen molar-refractivity contribution >= 4 is 40.3 Å². The van der Waals surface area contributed by atoms with E-state index in [2.05, 4.69) is 10.4 Å². The zero-order valence-electron chi connectivity index (χ0n) is 13.6. The number of nitrogens with one attached hydrogen (secondary N) is 1. The van der Waals surface area contributed by atoms with E-state index in [4.69, 9.17) is 17.0 Å². The van der Waals surface area contributed by atoms with Crippen LogP contribution >= 0.6 is 24.0 Å². The molecule has 0 radical (unpaired) electrons. The smallest absolute Gasteiger partial charge is 0.263 e. The second-order valence-corrected chi connectivity index (χ2v) is 7.23. The molecule has 3 rings (SSSR count). The molecule has 0 unspecified atom stereocenters. The highest BCUT2D eigenvalue weighted by atomic mass is 32.2. The van der Waals surface area contributed by atoms with Crippen LogP contribution in [0.15, 0.2) is 29.2 Å². The van der Waals surface area contributed by atoms with Crippen LogP contribution < -0.4 is 10.1 Å². The fraction of sp³-hybridized carbons (Fsp3) is 0.235. The van der Waals surface area contributed by atoms with Crippen molar-refractivity contribution < 1.29 is 9.53 Å². The van der Waals surface area contributed by atoms with Gasteiger partial charge in [-0.25, -0.2) is 0 Å². The summed E-state index contributed by atoms with van der Waals surface area (Å²) < 4.78 is 7.89. The number of carbonyl (C=O) groups excluding carboxylic acids is 1. The summed E-state index contributed by atoms with van der Waals surface area (Å²) in [6.07, 6.45) is 1.84. The Morgan fingerprint density at radius 1 is 1.38 bits per heavy atom. The topological polar surface area (TPSA) is 56.1 Å². The predicted molar refractivity (Wildman–Crippen MR) is 100 cm³/mol. The van der Waals surface area contributed by atoms with Crippen LogP contribution in [0.1, 0.15) is 22.5 Å². The Hall–Kier alpha value is -2.12. The Labute approximate surface area is 150 Å². The molecule has 0 spiro atoms. The molecule has 0 aliphatic carbocycles. The molecule has 1 saturated heterocycles. The molecule has 1 aromatic heterocycles. The number of methoxy groups -OCH3 is 1. The molecule has 0 saturated carbocycles. The normalized spacial score (nSPS) is 15.9. The maximum absolute atomic E-state index is 11.8.